The molecule has 0 amide bonds. The van der Waals surface area contributed by atoms with E-state index in [1.165, 1.54) is 0 Å². The Morgan fingerprint density at radius 1 is 1.45 bits per heavy atom. The van der Waals surface area contributed by atoms with Gasteiger partial charge < -0.3 is 4.98 Å². The first kappa shape index (κ1) is 12.7. The number of carbonyl (C=O) groups is 1. The van der Waals surface area contributed by atoms with Gasteiger partial charge in [-0.15, -0.1) is 0 Å². The van der Waals surface area contributed by atoms with Gasteiger partial charge in [0.1, 0.15) is 0 Å². The van der Waals surface area contributed by atoms with Gasteiger partial charge in [-0.2, -0.15) is 5.10 Å². The zero-order valence-corrected chi connectivity index (χ0v) is 11.6. The molecule has 1 N–H and O–H groups in total. The normalized spacial score (nSPS) is 11.5. The van der Waals surface area contributed by atoms with Crippen molar-refractivity contribution in [1.29, 1.82) is 0 Å². The summed E-state index contributed by atoms with van der Waals surface area (Å²) >= 11 is 5.92. The SMILES string of the molecule is Cn1cc(/C=C\C(=O)c2c[nH]c3cc(Cl)ccc23)cn1. The molecule has 0 spiro atoms. The maximum Gasteiger partial charge on any atom is 0.188 e. The minimum absolute atomic E-state index is 0.0533. The van der Waals surface area contributed by atoms with Crippen molar-refractivity contribution in [3.05, 3.63) is 59.0 Å². The number of allylic oxidation sites excluding steroid dienone is 1. The number of benzene rings is 1. The van der Waals surface area contributed by atoms with Crippen LogP contribution in [0.25, 0.3) is 17.0 Å². The Morgan fingerprint density at radius 3 is 3.05 bits per heavy atom. The molecule has 4 nitrogen and oxygen atoms in total. The number of aryl methyl sites for hydroxylation is 1. The average Bonchev–Trinajstić information content (AvgIpc) is 3.01. The summed E-state index contributed by atoms with van der Waals surface area (Å²) in [5, 5.41) is 5.56. The monoisotopic (exact) mass is 285 g/mol. The highest BCUT2D eigenvalue weighted by molar-refractivity contribution is 6.31. The van der Waals surface area contributed by atoms with Gasteiger partial charge in [-0.05, 0) is 24.3 Å². The van der Waals surface area contributed by atoms with Crippen LogP contribution in [0.4, 0.5) is 0 Å². The highest BCUT2D eigenvalue weighted by atomic mass is 35.5. The van der Waals surface area contributed by atoms with Crippen LogP contribution in [0, 0.1) is 0 Å². The molecule has 2 aromatic heterocycles. The van der Waals surface area contributed by atoms with Crippen LogP contribution in [0.15, 0.2) is 42.9 Å². The van der Waals surface area contributed by atoms with Crippen LogP contribution in [0.5, 0.6) is 0 Å². The van der Waals surface area contributed by atoms with E-state index in [0.29, 0.717) is 10.6 Å². The molecule has 0 aliphatic rings. The second-order valence-electron chi connectivity index (χ2n) is 4.54. The van der Waals surface area contributed by atoms with E-state index >= 15 is 0 Å². The van der Waals surface area contributed by atoms with Crippen molar-refractivity contribution < 1.29 is 4.79 Å². The fraction of sp³-hybridized carbons (Fsp3) is 0.0667. The summed E-state index contributed by atoms with van der Waals surface area (Å²) in [7, 11) is 1.84. The van der Waals surface area contributed by atoms with Gasteiger partial charge in [-0.25, -0.2) is 0 Å². The summed E-state index contributed by atoms with van der Waals surface area (Å²) in [6.07, 6.45) is 8.56. The van der Waals surface area contributed by atoms with Crippen molar-refractivity contribution in [2.45, 2.75) is 0 Å². The summed E-state index contributed by atoms with van der Waals surface area (Å²) in [6, 6.07) is 5.43. The standard InChI is InChI=1S/C15H12ClN3O/c1-19-9-10(7-18-19)2-5-15(20)13-8-17-14-6-11(16)3-4-12(13)14/h2-9,17H,1H3/b5-2-. The lowest BCUT2D eigenvalue weighted by atomic mass is 10.1. The smallest absolute Gasteiger partial charge is 0.188 e. The molecule has 0 aliphatic carbocycles. The predicted octanol–water partition coefficient (Wildman–Crippen LogP) is 3.45. The van der Waals surface area contributed by atoms with Crippen LogP contribution in [0.3, 0.4) is 0 Å². The van der Waals surface area contributed by atoms with Gasteiger partial charge in [-0.1, -0.05) is 17.7 Å². The van der Waals surface area contributed by atoms with E-state index in [4.69, 9.17) is 11.6 Å². The molecule has 0 saturated heterocycles. The maximum absolute atomic E-state index is 12.2. The van der Waals surface area contributed by atoms with Crippen LogP contribution in [0.2, 0.25) is 5.02 Å². The first-order chi connectivity index (χ1) is 9.63. The highest BCUT2D eigenvalue weighted by Gasteiger charge is 2.09. The second kappa shape index (κ2) is 4.98. The number of nitrogens with one attached hydrogen (secondary N) is 1. The van der Waals surface area contributed by atoms with Crippen LogP contribution < -0.4 is 0 Å². The van der Waals surface area contributed by atoms with Crippen LogP contribution in [-0.2, 0) is 7.05 Å². The minimum Gasteiger partial charge on any atom is -0.360 e. The summed E-state index contributed by atoms with van der Waals surface area (Å²) in [5.41, 5.74) is 2.39. The number of H-pyrrole nitrogens is 1. The van der Waals surface area contributed by atoms with Crippen LogP contribution in [0.1, 0.15) is 15.9 Å². The van der Waals surface area contributed by atoms with Gasteiger partial charge in [0.2, 0.25) is 0 Å². The topological polar surface area (TPSA) is 50.7 Å². The Bertz CT molecular complexity index is 814. The number of halogens is 1. The van der Waals surface area contributed by atoms with E-state index in [9.17, 15) is 4.79 Å². The van der Waals surface area contributed by atoms with Gasteiger partial charge in [0.25, 0.3) is 0 Å². The molecule has 0 saturated carbocycles. The van der Waals surface area contributed by atoms with Crippen molar-refractivity contribution in [3.63, 3.8) is 0 Å². The predicted molar refractivity (Wildman–Crippen MR) is 79.9 cm³/mol. The Hall–Kier alpha value is -2.33. The quantitative estimate of drug-likeness (QED) is 0.592. The second-order valence-corrected chi connectivity index (χ2v) is 4.97. The third-order valence-electron chi connectivity index (χ3n) is 3.06. The Morgan fingerprint density at radius 2 is 2.30 bits per heavy atom. The average molecular weight is 286 g/mol. The lowest BCUT2D eigenvalue weighted by Gasteiger charge is -1.94. The number of aromatic amines is 1. The van der Waals surface area contributed by atoms with Gasteiger partial charge in [0, 0.05) is 46.5 Å². The number of rotatable bonds is 3. The summed E-state index contributed by atoms with van der Waals surface area (Å²) < 4.78 is 1.69. The van der Waals surface area contributed by atoms with Crippen molar-refractivity contribution in [2.75, 3.05) is 0 Å². The molecule has 3 aromatic rings. The largest absolute Gasteiger partial charge is 0.360 e. The fourth-order valence-electron chi connectivity index (χ4n) is 2.09. The maximum atomic E-state index is 12.2. The molecule has 1 aromatic carbocycles. The van der Waals surface area contributed by atoms with Gasteiger partial charge >= 0.3 is 0 Å². The summed E-state index contributed by atoms with van der Waals surface area (Å²) in [4.78, 5) is 15.3. The Balaban J connectivity index is 1.91. The van der Waals surface area contributed by atoms with E-state index in [-0.39, 0.29) is 5.78 Å². The number of carbonyl (C=O) groups excluding carboxylic acids is 1. The third kappa shape index (κ3) is 2.38. The van der Waals surface area contributed by atoms with Crippen molar-refractivity contribution >= 4 is 34.4 Å². The molecule has 0 bridgehead atoms. The minimum atomic E-state index is -0.0533. The summed E-state index contributed by atoms with van der Waals surface area (Å²) in [6.45, 7) is 0. The van der Waals surface area contributed by atoms with E-state index in [0.717, 1.165) is 16.5 Å². The van der Waals surface area contributed by atoms with Gasteiger partial charge in [0.05, 0.1) is 6.20 Å². The molecule has 0 aliphatic heterocycles. The molecule has 0 unspecified atom stereocenters. The highest BCUT2D eigenvalue weighted by Crippen LogP contribution is 2.22. The Labute approximate surface area is 120 Å². The Kier molecular flexibility index (Phi) is 3.16. The first-order valence-electron chi connectivity index (χ1n) is 6.11. The van der Waals surface area contributed by atoms with Crippen molar-refractivity contribution in [3.8, 4) is 0 Å². The molecule has 2 heterocycles. The molecule has 0 fully saturated rings. The number of fused-ring (bicyclic) bond motifs is 1. The zero-order valence-electron chi connectivity index (χ0n) is 10.8. The summed E-state index contributed by atoms with van der Waals surface area (Å²) in [5.74, 6) is -0.0533. The van der Waals surface area contributed by atoms with Gasteiger partial charge in [-0.3, -0.25) is 9.48 Å². The molecule has 5 heteroatoms. The molecule has 3 rings (SSSR count). The number of hydrogen-bond acceptors (Lipinski definition) is 2. The number of nitrogens with zero attached hydrogens (tertiary/aromatic N) is 2. The van der Waals surface area contributed by atoms with Crippen LogP contribution in [-0.4, -0.2) is 20.5 Å². The zero-order chi connectivity index (χ0) is 14.1. The molecule has 100 valence electrons. The van der Waals surface area contributed by atoms with Crippen molar-refractivity contribution in [2.24, 2.45) is 7.05 Å². The number of ketones is 1. The lowest BCUT2D eigenvalue weighted by molar-refractivity contribution is 0.104. The van der Waals surface area contributed by atoms with E-state index in [1.807, 2.05) is 19.3 Å². The van der Waals surface area contributed by atoms with E-state index < -0.39 is 0 Å². The first-order valence-corrected chi connectivity index (χ1v) is 6.49. The molecule has 20 heavy (non-hydrogen) atoms. The molecule has 0 radical (unpaired) electrons. The lowest BCUT2D eigenvalue weighted by Crippen LogP contribution is -1.91. The van der Waals surface area contributed by atoms with Crippen LogP contribution >= 0.6 is 11.6 Å². The third-order valence-corrected chi connectivity index (χ3v) is 3.30. The molecule has 0 atom stereocenters. The fourth-order valence-corrected chi connectivity index (χ4v) is 2.26. The number of aromatic nitrogens is 3. The van der Waals surface area contributed by atoms with Gasteiger partial charge in [0.15, 0.2) is 5.78 Å². The molecular formula is C15H12ClN3O. The molecular weight excluding hydrogens is 274 g/mol. The van der Waals surface area contributed by atoms with E-state index in [2.05, 4.69) is 10.1 Å². The van der Waals surface area contributed by atoms with E-state index in [1.54, 1.807) is 41.4 Å². The van der Waals surface area contributed by atoms with Crippen molar-refractivity contribution in [1.82, 2.24) is 14.8 Å². The number of hydrogen-bond donors (Lipinski definition) is 1.